The van der Waals surface area contributed by atoms with Crippen LogP contribution >= 0.6 is 0 Å². The van der Waals surface area contributed by atoms with E-state index < -0.39 is 0 Å². The summed E-state index contributed by atoms with van der Waals surface area (Å²) in [6.45, 7) is 7.70. The fourth-order valence-electron chi connectivity index (χ4n) is 0.582. The first-order valence-corrected chi connectivity index (χ1v) is 4.00. The van der Waals surface area contributed by atoms with E-state index in [0.29, 0.717) is 0 Å². The minimum absolute atomic E-state index is 0.123. The van der Waals surface area contributed by atoms with Crippen molar-refractivity contribution in [1.82, 2.24) is 0 Å². The average Bonchev–Trinajstić information content (AvgIpc) is 1.97. The molecule has 0 radical (unpaired) electrons. The van der Waals surface area contributed by atoms with Crippen molar-refractivity contribution in [3.05, 3.63) is 0 Å². The molecule has 0 fully saturated rings. The highest BCUT2D eigenvalue weighted by molar-refractivity contribution is 5.89. The van der Waals surface area contributed by atoms with Gasteiger partial charge in [-0.3, -0.25) is 9.79 Å². The SMILES string of the molecule is COC(=O)C(C)C=NC(C)(C)C. The van der Waals surface area contributed by atoms with Gasteiger partial charge in [0, 0.05) is 6.21 Å². The van der Waals surface area contributed by atoms with E-state index in [0.717, 1.165) is 0 Å². The van der Waals surface area contributed by atoms with Crippen molar-refractivity contribution in [2.45, 2.75) is 33.2 Å². The Morgan fingerprint density at radius 1 is 1.50 bits per heavy atom. The second-order valence-corrected chi connectivity index (χ2v) is 3.76. The number of aliphatic imine (C=N–C) groups is 1. The molecule has 0 saturated heterocycles. The predicted octanol–water partition coefficient (Wildman–Crippen LogP) is 1.66. The Morgan fingerprint density at radius 3 is 2.33 bits per heavy atom. The summed E-state index contributed by atoms with van der Waals surface area (Å²) in [6.07, 6.45) is 1.63. The summed E-state index contributed by atoms with van der Waals surface area (Å²) in [5.74, 6) is -0.503. The van der Waals surface area contributed by atoms with E-state index in [1.807, 2.05) is 20.8 Å². The molecule has 1 atom stereocenters. The van der Waals surface area contributed by atoms with E-state index in [1.165, 1.54) is 7.11 Å². The molecule has 0 N–H and O–H groups in total. The fourth-order valence-corrected chi connectivity index (χ4v) is 0.582. The van der Waals surface area contributed by atoms with Crippen molar-refractivity contribution in [3.63, 3.8) is 0 Å². The molecular weight excluding hydrogens is 154 g/mol. The lowest BCUT2D eigenvalue weighted by atomic mass is 10.1. The van der Waals surface area contributed by atoms with Crippen LogP contribution < -0.4 is 0 Å². The summed E-state index contributed by atoms with van der Waals surface area (Å²) >= 11 is 0. The molecule has 3 heteroatoms. The van der Waals surface area contributed by atoms with Gasteiger partial charge in [-0.05, 0) is 27.7 Å². The highest BCUT2D eigenvalue weighted by atomic mass is 16.5. The van der Waals surface area contributed by atoms with Gasteiger partial charge in [-0.15, -0.1) is 0 Å². The molecule has 0 aliphatic carbocycles. The van der Waals surface area contributed by atoms with Crippen molar-refractivity contribution in [2.24, 2.45) is 10.9 Å². The molecule has 1 unspecified atom stereocenters. The molecule has 0 aliphatic heterocycles. The second-order valence-electron chi connectivity index (χ2n) is 3.76. The van der Waals surface area contributed by atoms with Crippen LogP contribution in [0.1, 0.15) is 27.7 Å². The van der Waals surface area contributed by atoms with Gasteiger partial charge in [0.2, 0.25) is 0 Å². The molecule has 70 valence electrons. The Bertz CT molecular complexity index is 179. The lowest BCUT2D eigenvalue weighted by Crippen LogP contribution is -2.17. The third-order valence-corrected chi connectivity index (χ3v) is 1.26. The van der Waals surface area contributed by atoms with Gasteiger partial charge in [-0.1, -0.05) is 0 Å². The van der Waals surface area contributed by atoms with Crippen LogP contribution in [0.3, 0.4) is 0 Å². The number of nitrogens with zero attached hydrogens (tertiary/aromatic N) is 1. The minimum Gasteiger partial charge on any atom is -0.469 e. The van der Waals surface area contributed by atoms with Crippen LogP contribution in [0, 0.1) is 5.92 Å². The molecule has 0 saturated carbocycles. The van der Waals surface area contributed by atoms with Gasteiger partial charge in [-0.2, -0.15) is 0 Å². The zero-order valence-electron chi connectivity index (χ0n) is 8.42. The molecule has 0 bridgehead atoms. The number of rotatable bonds is 2. The standard InChI is InChI=1S/C9H17NO2/c1-7(8(11)12-5)6-10-9(2,3)4/h6-7H,1-5H3. The summed E-state index contributed by atoms with van der Waals surface area (Å²) in [5, 5.41) is 0. The van der Waals surface area contributed by atoms with Gasteiger partial charge < -0.3 is 4.74 Å². The smallest absolute Gasteiger partial charge is 0.313 e. The maximum Gasteiger partial charge on any atom is 0.313 e. The maximum atomic E-state index is 10.9. The molecule has 0 aromatic rings. The molecule has 0 rings (SSSR count). The molecule has 0 aromatic carbocycles. The predicted molar refractivity (Wildman–Crippen MR) is 49.4 cm³/mol. The molecule has 0 spiro atoms. The molecule has 0 aliphatic rings. The van der Waals surface area contributed by atoms with Gasteiger partial charge in [0.25, 0.3) is 0 Å². The molecule has 12 heavy (non-hydrogen) atoms. The summed E-state index contributed by atoms with van der Waals surface area (Å²) in [7, 11) is 1.38. The fraction of sp³-hybridized carbons (Fsp3) is 0.778. The highest BCUT2D eigenvalue weighted by Gasteiger charge is 2.12. The lowest BCUT2D eigenvalue weighted by molar-refractivity contribution is -0.142. The molecule has 0 amide bonds. The first-order chi connectivity index (χ1) is 5.37. The molecule has 0 heterocycles. The average molecular weight is 171 g/mol. The quantitative estimate of drug-likeness (QED) is 0.468. The van der Waals surface area contributed by atoms with Crippen LogP contribution in [0.15, 0.2) is 4.99 Å². The van der Waals surface area contributed by atoms with Gasteiger partial charge >= 0.3 is 5.97 Å². The zero-order chi connectivity index (χ0) is 9.78. The number of ether oxygens (including phenoxy) is 1. The van der Waals surface area contributed by atoms with Crippen molar-refractivity contribution < 1.29 is 9.53 Å². The van der Waals surface area contributed by atoms with Crippen LogP contribution in [-0.2, 0) is 9.53 Å². The molecule has 0 aromatic heterocycles. The Balaban J connectivity index is 4.09. The third kappa shape index (κ3) is 4.88. The first kappa shape index (κ1) is 11.1. The number of hydrogen-bond acceptors (Lipinski definition) is 3. The van der Waals surface area contributed by atoms with Crippen LogP contribution in [0.5, 0.6) is 0 Å². The van der Waals surface area contributed by atoms with E-state index >= 15 is 0 Å². The minimum atomic E-state index is -0.255. The van der Waals surface area contributed by atoms with E-state index in [4.69, 9.17) is 0 Å². The first-order valence-electron chi connectivity index (χ1n) is 4.00. The highest BCUT2D eigenvalue weighted by Crippen LogP contribution is 2.06. The van der Waals surface area contributed by atoms with E-state index in [-0.39, 0.29) is 17.4 Å². The number of methoxy groups -OCH3 is 1. The van der Waals surface area contributed by atoms with Gasteiger partial charge in [-0.25, -0.2) is 0 Å². The second kappa shape index (κ2) is 4.24. The summed E-state index contributed by atoms with van der Waals surface area (Å²) in [4.78, 5) is 15.1. The Hall–Kier alpha value is -0.860. The third-order valence-electron chi connectivity index (χ3n) is 1.26. The van der Waals surface area contributed by atoms with Crippen molar-refractivity contribution in [2.75, 3.05) is 7.11 Å². The van der Waals surface area contributed by atoms with Crippen molar-refractivity contribution in [3.8, 4) is 0 Å². The molecule has 3 nitrogen and oxygen atoms in total. The van der Waals surface area contributed by atoms with Gasteiger partial charge in [0.05, 0.1) is 18.6 Å². The topological polar surface area (TPSA) is 38.7 Å². The van der Waals surface area contributed by atoms with Crippen LogP contribution in [-0.4, -0.2) is 24.8 Å². The number of carbonyl (C=O) groups excluding carboxylic acids is 1. The van der Waals surface area contributed by atoms with Crippen LogP contribution in [0.25, 0.3) is 0 Å². The molecular formula is C9H17NO2. The Morgan fingerprint density at radius 2 is 2.00 bits per heavy atom. The van der Waals surface area contributed by atoms with Gasteiger partial charge in [0.15, 0.2) is 0 Å². The largest absolute Gasteiger partial charge is 0.469 e. The lowest BCUT2D eigenvalue weighted by Gasteiger charge is -2.12. The van der Waals surface area contributed by atoms with Crippen molar-refractivity contribution in [1.29, 1.82) is 0 Å². The summed E-state index contributed by atoms with van der Waals surface area (Å²) in [5.41, 5.74) is -0.123. The Labute approximate surface area is 73.8 Å². The number of hydrogen-bond donors (Lipinski definition) is 0. The summed E-state index contributed by atoms with van der Waals surface area (Å²) in [6, 6.07) is 0. The number of carbonyl (C=O) groups is 1. The Kier molecular flexibility index (Phi) is 3.93. The number of esters is 1. The monoisotopic (exact) mass is 171 g/mol. The zero-order valence-corrected chi connectivity index (χ0v) is 8.42. The van der Waals surface area contributed by atoms with Gasteiger partial charge in [0.1, 0.15) is 0 Å². The summed E-state index contributed by atoms with van der Waals surface area (Å²) < 4.78 is 4.55. The maximum absolute atomic E-state index is 10.9. The normalized spacial score (nSPS) is 14.8. The van der Waals surface area contributed by atoms with E-state index in [9.17, 15) is 4.79 Å². The van der Waals surface area contributed by atoms with Crippen LogP contribution in [0.2, 0.25) is 0 Å². The van der Waals surface area contributed by atoms with E-state index in [2.05, 4.69) is 9.73 Å². The van der Waals surface area contributed by atoms with Crippen molar-refractivity contribution >= 4 is 12.2 Å². The van der Waals surface area contributed by atoms with Crippen LogP contribution in [0.4, 0.5) is 0 Å². The van der Waals surface area contributed by atoms with E-state index in [1.54, 1.807) is 13.1 Å².